The second-order valence-electron chi connectivity index (χ2n) is 10.2. The molecule has 0 bridgehead atoms. The summed E-state index contributed by atoms with van der Waals surface area (Å²) >= 11 is 0. The van der Waals surface area contributed by atoms with Crippen molar-refractivity contribution >= 4 is 16.1 Å². The Kier molecular flexibility index (Phi) is 9.59. The van der Waals surface area contributed by atoms with Crippen molar-refractivity contribution in [2.24, 2.45) is 0 Å². The van der Waals surface area contributed by atoms with Crippen LogP contribution in [0.3, 0.4) is 0 Å². The lowest BCUT2D eigenvalue weighted by molar-refractivity contribution is 0.0932. The standard InChI is InChI=1S/C28H40N4O4S/c1-36-26-13-7-6-12-25(26)27(33)29-22-28(23-10-4-2-5-11-23)16-14-24(15-17-28)31-37(34,35)30-18-21-32-19-8-3-9-20-32/h2,4-7,10-13,24,30-31H,3,8-9,14-22H2,1H3,(H,29,33)/t24-,28-. The van der Waals surface area contributed by atoms with Crippen LogP contribution in [0.2, 0.25) is 0 Å². The van der Waals surface area contributed by atoms with Crippen LogP contribution in [0.1, 0.15) is 60.9 Å². The van der Waals surface area contributed by atoms with E-state index in [9.17, 15) is 13.2 Å². The van der Waals surface area contributed by atoms with E-state index in [1.165, 1.54) is 19.3 Å². The van der Waals surface area contributed by atoms with Gasteiger partial charge in [-0.05, 0) is 69.3 Å². The molecule has 0 atom stereocenters. The highest BCUT2D eigenvalue weighted by Crippen LogP contribution is 2.39. The second kappa shape index (κ2) is 12.9. The van der Waals surface area contributed by atoms with Gasteiger partial charge in [0.1, 0.15) is 5.75 Å². The summed E-state index contributed by atoms with van der Waals surface area (Å²) < 4.78 is 36.3. The number of hydrogen-bond donors (Lipinski definition) is 3. The zero-order valence-corrected chi connectivity index (χ0v) is 22.6. The number of hydrogen-bond acceptors (Lipinski definition) is 5. The van der Waals surface area contributed by atoms with Gasteiger partial charge in [0, 0.05) is 31.1 Å². The topological polar surface area (TPSA) is 99.8 Å². The molecular weight excluding hydrogens is 488 g/mol. The van der Waals surface area contributed by atoms with Gasteiger partial charge in [0.05, 0.1) is 12.7 Å². The summed E-state index contributed by atoms with van der Waals surface area (Å²) in [6.45, 7) is 3.74. The molecule has 1 saturated heterocycles. The van der Waals surface area contributed by atoms with Crippen molar-refractivity contribution in [1.82, 2.24) is 19.7 Å². The number of methoxy groups -OCH3 is 1. The Balaban J connectivity index is 1.35. The van der Waals surface area contributed by atoms with E-state index < -0.39 is 10.2 Å². The predicted octanol–water partition coefficient (Wildman–Crippen LogP) is 3.22. The SMILES string of the molecule is COc1ccccc1C(=O)NC[C@]1(c2ccccc2)CC[C@H](NS(=O)(=O)NCCN2CCCCC2)CC1. The summed E-state index contributed by atoms with van der Waals surface area (Å²) in [5.74, 6) is 0.369. The Morgan fingerprint density at radius 2 is 1.68 bits per heavy atom. The van der Waals surface area contributed by atoms with E-state index in [1.54, 1.807) is 19.2 Å². The van der Waals surface area contributed by atoms with Gasteiger partial charge in [-0.2, -0.15) is 13.1 Å². The van der Waals surface area contributed by atoms with E-state index in [0.717, 1.165) is 38.0 Å². The Labute approximate surface area is 221 Å². The van der Waals surface area contributed by atoms with Crippen LogP contribution >= 0.6 is 0 Å². The molecule has 0 aromatic heterocycles. The zero-order chi connectivity index (χ0) is 26.1. The van der Waals surface area contributed by atoms with Crippen molar-refractivity contribution in [3.63, 3.8) is 0 Å². The van der Waals surface area contributed by atoms with Crippen LogP contribution in [0.4, 0.5) is 0 Å². The van der Waals surface area contributed by atoms with E-state index in [1.807, 2.05) is 30.3 Å². The minimum atomic E-state index is -3.56. The van der Waals surface area contributed by atoms with Crippen molar-refractivity contribution < 1.29 is 17.9 Å². The van der Waals surface area contributed by atoms with Crippen LogP contribution in [0, 0.1) is 0 Å². The smallest absolute Gasteiger partial charge is 0.277 e. The van der Waals surface area contributed by atoms with Crippen LogP contribution in [0.15, 0.2) is 54.6 Å². The highest BCUT2D eigenvalue weighted by atomic mass is 32.2. The molecule has 0 unspecified atom stereocenters. The Hall–Kier alpha value is -2.46. The molecule has 1 saturated carbocycles. The lowest BCUT2D eigenvalue weighted by atomic mass is 9.68. The highest BCUT2D eigenvalue weighted by Gasteiger charge is 2.38. The molecule has 1 aliphatic heterocycles. The summed E-state index contributed by atoms with van der Waals surface area (Å²) in [6.07, 6.45) is 6.58. The average Bonchev–Trinajstić information content (AvgIpc) is 2.93. The Morgan fingerprint density at radius 3 is 2.38 bits per heavy atom. The first-order valence-electron chi connectivity index (χ1n) is 13.4. The van der Waals surface area contributed by atoms with Crippen LogP contribution in [0.25, 0.3) is 0 Å². The van der Waals surface area contributed by atoms with Crippen LogP contribution in [-0.4, -0.2) is 65.1 Å². The van der Waals surface area contributed by atoms with E-state index in [-0.39, 0.29) is 17.4 Å². The zero-order valence-electron chi connectivity index (χ0n) is 21.7. The fourth-order valence-electron chi connectivity index (χ4n) is 5.61. The van der Waals surface area contributed by atoms with Gasteiger partial charge >= 0.3 is 0 Å². The van der Waals surface area contributed by atoms with Crippen LogP contribution in [-0.2, 0) is 15.6 Å². The molecule has 202 valence electrons. The number of amides is 1. The minimum absolute atomic E-state index is 0.130. The lowest BCUT2D eigenvalue weighted by Gasteiger charge is -2.41. The molecule has 2 aromatic rings. The number of ether oxygens (including phenoxy) is 1. The van der Waals surface area contributed by atoms with Crippen molar-refractivity contribution in [3.05, 3.63) is 65.7 Å². The predicted molar refractivity (Wildman–Crippen MR) is 146 cm³/mol. The molecule has 1 heterocycles. The van der Waals surface area contributed by atoms with Gasteiger partial charge in [-0.15, -0.1) is 0 Å². The van der Waals surface area contributed by atoms with Gasteiger partial charge in [-0.3, -0.25) is 4.79 Å². The van der Waals surface area contributed by atoms with Gasteiger partial charge in [-0.1, -0.05) is 48.9 Å². The Bertz CT molecular complexity index is 1110. The summed E-state index contributed by atoms with van der Waals surface area (Å²) in [5.41, 5.74) is 1.41. The number of nitrogens with one attached hydrogen (secondary N) is 3. The molecular formula is C28H40N4O4S. The average molecular weight is 529 g/mol. The first kappa shape index (κ1) is 27.6. The number of carbonyl (C=O) groups excluding carboxylic acids is 1. The Morgan fingerprint density at radius 1 is 1.00 bits per heavy atom. The number of likely N-dealkylation sites (tertiary alicyclic amines) is 1. The molecule has 0 radical (unpaired) electrons. The van der Waals surface area contributed by atoms with Crippen molar-refractivity contribution in [2.45, 2.75) is 56.4 Å². The second-order valence-corrected chi connectivity index (χ2v) is 11.8. The minimum Gasteiger partial charge on any atom is -0.496 e. The molecule has 4 rings (SSSR count). The number of benzene rings is 2. The number of piperidine rings is 1. The largest absolute Gasteiger partial charge is 0.496 e. The number of rotatable bonds is 11. The number of carbonyl (C=O) groups is 1. The van der Waals surface area contributed by atoms with Crippen LogP contribution < -0.4 is 19.5 Å². The lowest BCUT2D eigenvalue weighted by Crippen LogP contribution is -2.50. The molecule has 2 aromatic carbocycles. The maximum atomic E-state index is 13.0. The molecule has 1 amide bonds. The van der Waals surface area contributed by atoms with Gasteiger partial charge in [-0.25, -0.2) is 4.72 Å². The first-order chi connectivity index (χ1) is 17.9. The molecule has 9 heteroatoms. The molecule has 1 aliphatic carbocycles. The maximum Gasteiger partial charge on any atom is 0.277 e. The van der Waals surface area contributed by atoms with Crippen molar-refractivity contribution in [1.29, 1.82) is 0 Å². The molecule has 37 heavy (non-hydrogen) atoms. The van der Waals surface area contributed by atoms with Crippen LogP contribution in [0.5, 0.6) is 5.75 Å². The van der Waals surface area contributed by atoms with E-state index in [4.69, 9.17) is 4.74 Å². The quantitative estimate of drug-likeness (QED) is 0.416. The molecule has 2 aliphatic rings. The third-order valence-electron chi connectivity index (χ3n) is 7.76. The third kappa shape index (κ3) is 7.54. The fourth-order valence-corrected chi connectivity index (χ4v) is 6.72. The summed E-state index contributed by atoms with van der Waals surface area (Å²) in [7, 11) is -2.01. The molecule has 3 N–H and O–H groups in total. The summed E-state index contributed by atoms with van der Waals surface area (Å²) in [4.78, 5) is 15.3. The first-order valence-corrected chi connectivity index (χ1v) is 14.9. The van der Waals surface area contributed by atoms with Crippen molar-refractivity contribution in [3.8, 4) is 5.75 Å². The normalized spacial score (nSPS) is 22.9. The van der Waals surface area contributed by atoms with E-state index in [2.05, 4.69) is 31.8 Å². The fraction of sp³-hybridized carbons (Fsp3) is 0.536. The molecule has 0 spiro atoms. The van der Waals surface area contributed by atoms with Gasteiger partial charge in [0.15, 0.2) is 0 Å². The van der Waals surface area contributed by atoms with Crippen molar-refractivity contribution in [2.75, 3.05) is 39.8 Å². The number of para-hydroxylation sites is 1. The molecule has 8 nitrogen and oxygen atoms in total. The monoisotopic (exact) mass is 528 g/mol. The maximum absolute atomic E-state index is 13.0. The van der Waals surface area contributed by atoms with E-state index in [0.29, 0.717) is 37.2 Å². The van der Waals surface area contributed by atoms with Gasteiger partial charge in [0.2, 0.25) is 0 Å². The summed E-state index contributed by atoms with van der Waals surface area (Å²) in [5, 5.41) is 3.13. The van der Waals surface area contributed by atoms with Gasteiger partial charge < -0.3 is 15.0 Å². The highest BCUT2D eigenvalue weighted by molar-refractivity contribution is 7.87. The number of nitrogens with zero attached hydrogens (tertiary/aromatic N) is 1. The molecule has 2 fully saturated rings. The van der Waals surface area contributed by atoms with Gasteiger partial charge in [0.25, 0.3) is 16.1 Å². The van der Waals surface area contributed by atoms with E-state index >= 15 is 0 Å². The third-order valence-corrected chi connectivity index (χ3v) is 8.99. The summed E-state index contributed by atoms with van der Waals surface area (Å²) in [6, 6.07) is 17.3.